The lowest BCUT2D eigenvalue weighted by Gasteiger charge is -2.22. The minimum Gasteiger partial charge on any atom is -0.399 e. The molecule has 27 heavy (non-hydrogen) atoms. The lowest BCUT2D eigenvalue weighted by Crippen LogP contribution is -2.27. The van der Waals surface area contributed by atoms with E-state index < -0.39 is 11.7 Å². The highest BCUT2D eigenvalue weighted by Crippen LogP contribution is 2.31. The van der Waals surface area contributed by atoms with Gasteiger partial charge in [-0.1, -0.05) is 0 Å². The van der Waals surface area contributed by atoms with E-state index in [1.165, 1.54) is 6.07 Å². The van der Waals surface area contributed by atoms with Crippen LogP contribution in [0.25, 0.3) is 5.78 Å². The molecule has 0 bridgehead atoms. The van der Waals surface area contributed by atoms with Crippen LogP contribution in [0.4, 0.5) is 24.7 Å². The van der Waals surface area contributed by atoms with Crippen LogP contribution in [0.3, 0.4) is 0 Å². The molecule has 4 N–H and O–H groups in total. The first kappa shape index (κ1) is 17.5. The predicted octanol–water partition coefficient (Wildman–Crippen LogP) is 2.29. The quantitative estimate of drug-likeness (QED) is 0.607. The summed E-state index contributed by atoms with van der Waals surface area (Å²) in [5.74, 6) is 1.82. The summed E-state index contributed by atoms with van der Waals surface area (Å²) < 4.78 is 40.9. The van der Waals surface area contributed by atoms with Crippen LogP contribution in [-0.2, 0) is 25.7 Å². The van der Waals surface area contributed by atoms with E-state index in [0.717, 1.165) is 42.2 Å². The van der Waals surface area contributed by atoms with E-state index >= 15 is 0 Å². The van der Waals surface area contributed by atoms with Gasteiger partial charge in [0.2, 0.25) is 0 Å². The number of hydrogen-bond acceptors (Lipinski definition) is 6. The SMILES string of the molecule is Cc1nnc2nc(NCc3cc(N)cc(C(F)(F)F)c3)c3c(n12)CCNC3. The van der Waals surface area contributed by atoms with Gasteiger partial charge in [-0.05, 0) is 30.7 Å². The van der Waals surface area contributed by atoms with Gasteiger partial charge in [0, 0.05) is 43.0 Å². The molecule has 1 aliphatic rings. The maximum atomic E-state index is 13.0. The summed E-state index contributed by atoms with van der Waals surface area (Å²) in [5, 5.41) is 14.6. The first-order valence-electron chi connectivity index (χ1n) is 8.47. The zero-order valence-corrected chi connectivity index (χ0v) is 14.6. The van der Waals surface area contributed by atoms with E-state index in [-0.39, 0.29) is 12.2 Å². The Kier molecular flexibility index (Phi) is 4.14. The van der Waals surface area contributed by atoms with Crippen LogP contribution in [0.5, 0.6) is 0 Å². The highest BCUT2D eigenvalue weighted by Gasteiger charge is 2.31. The van der Waals surface area contributed by atoms with Crippen LogP contribution in [-0.4, -0.2) is 26.1 Å². The number of benzene rings is 1. The van der Waals surface area contributed by atoms with Gasteiger partial charge in [-0.2, -0.15) is 18.2 Å². The number of nitrogens with two attached hydrogens (primary N) is 1. The van der Waals surface area contributed by atoms with Gasteiger partial charge in [-0.3, -0.25) is 4.40 Å². The van der Waals surface area contributed by atoms with E-state index in [2.05, 4.69) is 25.8 Å². The van der Waals surface area contributed by atoms with Crippen molar-refractivity contribution in [3.8, 4) is 0 Å². The lowest BCUT2D eigenvalue weighted by molar-refractivity contribution is -0.137. The Hall–Kier alpha value is -2.88. The molecule has 0 saturated heterocycles. The fourth-order valence-corrected chi connectivity index (χ4v) is 3.36. The largest absolute Gasteiger partial charge is 0.416 e. The zero-order valence-electron chi connectivity index (χ0n) is 14.6. The molecule has 0 fully saturated rings. The summed E-state index contributed by atoms with van der Waals surface area (Å²) in [6.07, 6.45) is -3.65. The fourth-order valence-electron chi connectivity index (χ4n) is 3.36. The summed E-state index contributed by atoms with van der Waals surface area (Å²) in [5.41, 5.74) is 7.41. The zero-order chi connectivity index (χ0) is 19.2. The minimum atomic E-state index is -4.44. The van der Waals surface area contributed by atoms with Gasteiger partial charge in [0.25, 0.3) is 5.78 Å². The van der Waals surface area contributed by atoms with E-state index in [1.807, 2.05) is 11.3 Å². The standard InChI is InChI=1S/C17H18F3N7/c1-9-25-26-16-24-15(13-8-22-3-2-14(13)27(9)16)23-7-10-4-11(17(18,19)20)6-12(21)5-10/h4-6,22H,2-3,7-8,21H2,1H3,(H,23,24,26). The molecule has 0 atom stereocenters. The average Bonchev–Trinajstić information content (AvgIpc) is 2.99. The summed E-state index contributed by atoms with van der Waals surface area (Å²) in [4.78, 5) is 4.50. The minimum absolute atomic E-state index is 0.0711. The first-order chi connectivity index (χ1) is 12.8. The summed E-state index contributed by atoms with van der Waals surface area (Å²) in [6, 6.07) is 3.54. The van der Waals surface area contributed by atoms with Crippen molar-refractivity contribution in [3.63, 3.8) is 0 Å². The smallest absolute Gasteiger partial charge is 0.399 e. The van der Waals surface area contributed by atoms with Crippen LogP contribution >= 0.6 is 0 Å². The third-order valence-corrected chi connectivity index (χ3v) is 4.57. The van der Waals surface area contributed by atoms with Gasteiger partial charge in [-0.15, -0.1) is 10.2 Å². The fraction of sp³-hybridized carbons (Fsp3) is 0.353. The number of halogens is 3. The number of nitrogen functional groups attached to an aromatic ring is 1. The van der Waals surface area contributed by atoms with Crippen molar-refractivity contribution in [1.82, 2.24) is 24.9 Å². The van der Waals surface area contributed by atoms with Crippen LogP contribution in [0.15, 0.2) is 18.2 Å². The molecule has 2 aromatic heterocycles. The average molecular weight is 377 g/mol. The second kappa shape index (κ2) is 6.38. The highest BCUT2D eigenvalue weighted by atomic mass is 19.4. The Morgan fingerprint density at radius 2 is 2.07 bits per heavy atom. The molecule has 10 heteroatoms. The summed E-state index contributed by atoms with van der Waals surface area (Å²) >= 11 is 0. The van der Waals surface area contributed by atoms with Crippen LogP contribution in [0.2, 0.25) is 0 Å². The van der Waals surface area contributed by atoms with Gasteiger partial charge in [-0.25, -0.2) is 0 Å². The van der Waals surface area contributed by atoms with Crippen molar-refractivity contribution < 1.29 is 13.2 Å². The molecule has 7 nitrogen and oxygen atoms in total. The molecule has 1 aliphatic heterocycles. The van der Waals surface area contributed by atoms with Crippen molar-refractivity contribution in [1.29, 1.82) is 0 Å². The van der Waals surface area contributed by atoms with Crippen molar-refractivity contribution in [2.24, 2.45) is 0 Å². The number of nitrogens with zero attached hydrogens (tertiary/aromatic N) is 4. The van der Waals surface area contributed by atoms with E-state index in [4.69, 9.17) is 5.73 Å². The summed E-state index contributed by atoms with van der Waals surface area (Å²) in [7, 11) is 0. The molecule has 0 spiro atoms. The number of aryl methyl sites for hydroxylation is 1. The number of fused-ring (bicyclic) bond motifs is 3. The maximum Gasteiger partial charge on any atom is 0.416 e. The maximum absolute atomic E-state index is 13.0. The normalized spacial score (nSPS) is 14.4. The molecule has 0 amide bonds. The lowest BCUT2D eigenvalue weighted by atomic mass is 10.1. The van der Waals surface area contributed by atoms with Gasteiger partial charge < -0.3 is 16.4 Å². The Labute approximate surface area is 152 Å². The third-order valence-electron chi connectivity index (χ3n) is 4.57. The van der Waals surface area contributed by atoms with Crippen molar-refractivity contribution in [2.45, 2.75) is 32.6 Å². The van der Waals surface area contributed by atoms with Gasteiger partial charge in [0.15, 0.2) is 0 Å². The highest BCUT2D eigenvalue weighted by molar-refractivity contribution is 5.54. The second-order valence-electron chi connectivity index (χ2n) is 6.51. The topological polar surface area (TPSA) is 93.2 Å². The molecule has 0 radical (unpaired) electrons. The second-order valence-corrected chi connectivity index (χ2v) is 6.51. The van der Waals surface area contributed by atoms with Crippen LogP contribution in [0, 0.1) is 6.92 Å². The number of alkyl halides is 3. The van der Waals surface area contributed by atoms with Crippen LogP contribution < -0.4 is 16.4 Å². The number of rotatable bonds is 3. The van der Waals surface area contributed by atoms with E-state index in [9.17, 15) is 13.2 Å². The Morgan fingerprint density at radius 1 is 1.26 bits per heavy atom. The molecule has 142 valence electrons. The van der Waals surface area contributed by atoms with Crippen LogP contribution in [0.1, 0.15) is 28.2 Å². The molecular weight excluding hydrogens is 359 g/mol. The van der Waals surface area contributed by atoms with Crippen molar-refractivity contribution in [3.05, 3.63) is 46.4 Å². The Morgan fingerprint density at radius 3 is 2.85 bits per heavy atom. The predicted molar refractivity (Wildman–Crippen MR) is 94.1 cm³/mol. The van der Waals surface area contributed by atoms with Gasteiger partial charge in [0.1, 0.15) is 11.6 Å². The Bertz CT molecular complexity index is 1010. The molecule has 0 unspecified atom stereocenters. The molecule has 4 rings (SSSR count). The third kappa shape index (κ3) is 3.27. The monoisotopic (exact) mass is 377 g/mol. The first-order valence-corrected chi connectivity index (χ1v) is 8.47. The van der Waals surface area contributed by atoms with Gasteiger partial charge >= 0.3 is 6.18 Å². The number of hydrogen-bond donors (Lipinski definition) is 3. The van der Waals surface area contributed by atoms with E-state index in [0.29, 0.717) is 23.7 Å². The number of aromatic nitrogens is 4. The molecule has 3 aromatic rings. The summed E-state index contributed by atoms with van der Waals surface area (Å²) in [6.45, 7) is 3.47. The molecular formula is C17H18F3N7. The van der Waals surface area contributed by atoms with E-state index in [1.54, 1.807) is 0 Å². The molecule has 0 aliphatic carbocycles. The Balaban J connectivity index is 1.68. The molecule has 1 aromatic carbocycles. The van der Waals surface area contributed by atoms with Gasteiger partial charge in [0.05, 0.1) is 5.56 Å². The number of anilines is 2. The molecule has 3 heterocycles. The molecule has 0 saturated carbocycles. The van der Waals surface area contributed by atoms with Crippen molar-refractivity contribution >= 4 is 17.3 Å². The number of nitrogens with one attached hydrogen (secondary N) is 2. The van der Waals surface area contributed by atoms with Crippen molar-refractivity contribution in [2.75, 3.05) is 17.6 Å².